The van der Waals surface area contributed by atoms with E-state index in [4.69, 9.17) is 9.47 Å². The molecule has 1 heterocycles. The number of fused-ring (bicyclic) bond motifs is 1. The molecule has 1 aromatic carbocycles. The second kappa shape index (κ2) is 7.54. The fourth-order valence-corrected chi connectivity index (χ4v) is 2.53. The number of nitrogens with zero attached hydrogens (tertiary/aromatic N) is 1. The Bertz CT molecular complexity index is 508. The summed E-state index contributed by atoms with van der Waals surface area (Å²) in [6, 6.07) is 3.53. The van der Waals surface area contributed by atoms with E-state index in [0.717, 1.165) is 23.9 Å². The normalized spacial score (nSPS) is 12.9. The highest BCUT2D eigenvalue weighted by molar-refractivity contribution is 9.10. The molecule has 0 saturated heterocycles. The van der Waals surface area contributed by atoms with Crippen LogP contribution in [0.15, 0.2) is 16.6 Å². The number of ether oxygens (including phenoxy) is 2. The fourth-order valence-electron chi connectivity index (χ4n) is 2.11. The van der Waals surface area contributed by atoms with Gasteiger partial charge in [-0.15, -0.1) is 0 Å². The van der Waals surface area contributed by atoms with Gasteiger partial charge in [0.15, 0.2) is 11.5 Å². The van der Waals surface area contributed by atoms with E-state index >= 15 is 0 Å². The first kappa shape index (κ1) is 15.9. The number of benzene rings is 1. The number of unbranched alkanes of at least 4 members (excludes halogenated alkanes) is 1. The summed E-state index contributed by atoms with van der Waals surface area (Å²) >= 11 is 3.46. The molecule has 0 spiro atoms. The zero-order chi connectivity index (χ0) is 15.2. The van der Waals surface area contributed by atoms with Crippen molar-refractivity contribution in [2.45, 2.75) is 26.7 Å². The molecular weight excluding hydrogens is 336 g/mol. The molecule has 116 valence electrons. The van der Waals surface area contributed by atoms with Crippen LogP contribution >= 0.6 is 15.9 Å². The molecule has 2 amide bonds. The maximum absolute atomic E-state index is 12.3. The molecule has 0 radical (unpaired) electrons. The van der Waals surface area contributed by atoms with Gasteiger partial charge in [-0.2, -0.15) is 0 Å². The van der Waals surface area contributed by atoms with Crippen LogP contribution in [-0.4, -0.2) is 37.2 Å². The maximum Gasteiger partial charge on any atom is 0.321 e. The highest BCUT2D eigenvalue weighted by atomic mass is 79.9. The van der Waals surface area contributed by atoms with Crippen LogP contribution in [0.25, 0.3) is 0 Å². The quantitative estimate of drug-likeness (QED) is 0.870. The Morgan fingerprint density at radius 3 is 2.57 bits per heavy atom. The molecule has 1 aromatic rings. The van der Waals surface area contributed by atoms with E-state index in [0.29, 0.717) is 36.9 Å². The number of hydrogen-bond acceptors (Lipinski definition) is 3. The molecule has 1 N–H and O–H groups in total. The fraction of sp³-hybridized carbons (Fsp3) is 0.533. The van der Waals surface area contributed by atoms with Crippen molar-refractivity contribution in [1.29, 1.82) is 0 Å². The minimum absolute atomic E-state index is 0.0941. The smallest absolute Gasteiger partial charge is 0.321 e. The molecule has 0 bridgehead atoms. The maximum atomic E-state index is 12.3. The van der Waals surface area contributed by atoms with E-state index in [-0.39, 0.29) is 6.03 Å². The minimum Gasteiger partial charge on any atom is -0.486 e. The average Bonchev–Trinajstić information content (AvgIpc) is 2.49. The lowest BCUT2D eigenvalue weighted by molar-refractivity contribution is 0.171. The topological polar surface area (TPSA) is 50.8 Å². The highest BCUT2D eigenvalue weighted by Crippen LogP contribution is 2.38. The van der Waals surface area contributed by atoms with E-state index in [2.05, 4.69) is 28.2 Å². The number of urea groups is 1. The number of anilines is 1. The van der Waals surface area contributed by atoms with Crippen LogP contribution in [0.5, 0.6) is 11.5 Å². The lowest BCUT2D eigenvalue weighted by atomic mass is 10.2. The average molecular weight is 357 g/mol. The second-order valence-electron chi connectivity index (χ2n) is 4.84. The summed E-state index contributed by atoms with van der Waals surface area (Å²) in [4.78, 5) is 14.1. The van der Waals surface area contributed by atoms with Crippen LogP contribution in [0, 0.1) is 0 Å². The Kier molecular flexibility index (Phi) is 5.73. The molecule has 0 aliphatic carbocycles. The molecule has 21 heavy (non-hydrogen) atoms. The van der Waals surface area contributed by atoms with Gasteiger partial charge in [0.1, 0.15) is 13.2 Å². The first-order valence-corrected chi connectivity index (χ1v) is 8.10. The standard InChI is InChI=1S/C15H21BrN2O3/c1-3-5-6-18(4-2)15(19)17-12-10-14-13(9-11(12)16)20-7-8-21-14/h9-10H,3-8H2,1-2H3,(H,17,19). The van der Waals surface area contributed by atoms with E-state index in [1.54, 1.807) is 11.0 Å². The molecule has 0 unspecified atom stereocenters. The highest BCUT2D eigenvalue weighted by Gasteiger charge is 2.18. The van der Waals surface area contributed by atoms with Crippen LogP contribution in [0.1, 0.15) is 26.7 Å². The van der Waals surface area contributed by atoms with Gasteiger partial charge in [-0.25, -0.2) is 4.79 Å². The summed E-state index contributed by atoms with van der Waals surface area (Å²) < 4.78 is 11.8. The van der Waals surface area contributed by atoms with Gasteiger partial charge in [-0.1, -0.05) is 13.3 Å². The van der Waals surface area contributed by atoms with E-state index < -0.39 is 0 Å². The third kappa shape index (κ3) is 4.03. The van der Waals surface area contributed by atoms with Gasteiger partial charge < -0.3 is 19.7 Å². The van der Waals surface area contributed by atoms with Crippen molar-refractivity contribution in [3.8, 4) is 11.5 Å². The van der Waals surface area contributed by atoms with Crippen LogP contribution in [0.2, 0.25) is 0 Å². The van der Waals surface area contributed by atoms with Crippen molar-refractivity contribution >= 4 is 27.6 Å². The van der Waals surface area contributed by atoms with E-state index in [1.807, 2.05) is 13.0 Å². The minimum atomic E-state index is -0.0941. The van der Waals surface area contributed by atoms with Gasteiger partial charge in [-0.3, -0.25) is 0 Å². The van der Waals surface area contributed by atoms with Gasteiger partial charge in [0.05, 0.1) is 5.69 Å². The van der Waals surface area contributed by atoms with Crippen molar-refractivity contribution in [3.05, 3.63) is 16.6 Å². The van der Waals surface area contributed by atoms with Crippen molar-refractivity contribution < 1.29 is 14.3 Å². The zero-order valence-electron chi connectivity index (χ0n) is 12.4. The molecule has 1 aliphatic rings. The Hall–Kier alpha value is -1.43. The van der Waals surface area contributed by atoms with Crippen molar-refractivity contribution in [2.75, 3.05) is 31.6 Å². The summed E-state index contributed by atoms with van der Waals surface area (Å²) in [5, 5.41) is 2.92. The summed E-state index contributed by atoms with van der Waals surface area (Å²) in [6.45, 7) is 6.62. The monoisotopic (exact) mass is 356 g/mol. The van der Waals surface area contributed by atoms with Gasteiger partial charge in [-0.05, 0) is 29.3 Å². The number of hydrogen-bond donors (Lipinski definition) is 1. The molecule has 6 heteroatoms. The lowest BCUT2D eigenvalue weighted by Gasteiger charge is -2.23. The lowest BCUT2D eigenvalue weighted by Crippen LogP contribution is -2.35. The Morgan fingerprint density at radius 2 is 1.95 bits per heavy atom. The Balaban J connectivity index is 2.09. The molecule has 0 aromatic heterocycles. The number of nitrogens with one attached hydrogen (secondary N) is 1. The summed E-state index contributed by atoms with van der Waals surface area (Å²) in [5.41, 5.74) is 0.694. The van der Waals surface area contributed by atoms with Crippen LogP contribution in [-0.2, 0) is 0 Å². The SMILES string of the molecule is CCCCN(CC)C(=O)Nc1cc2c(cc1Br)OCCO2. The molecule has 0 fully saturated rings. The first-order valence-electron chi connectivity index (χ1n) is 7.30. The van der Waals surface area contributed by atoms with Crippen LogP contribution in [0.4, 0.5) is 10.5 Å². The molecule has 2 rings (SSSR count). The number of carbonyl (C=O) groups excluding carboxylic acids is 1. The molecule has 5 nitrogen and oxygen atoms in total. The van der Waals surface area contributed by atoms with Gasteiger partial charge >= 0.3 is 6.03 Å². The summed E-state index contributed by atoms with van der Waals surface area (Å²) in [5.74, 6) is 1.36. The van der Waals surface area contributed by atoms with Crippen molar-refractivity contribution in [1.82, 2.24) is 4.90 Å². The van der Waals surface area contributed by atoms with Crippen LogP contribution in [0.3, 0.4) is 0 Å². The first-order chi connectivity index (χ1) is 10.2. The number of rotatable bonds is 5. The molecule has 0 saturated carbocycles. The molecule has 0 atom stereocenters. The third-order valence-electron chi connectivity index (χ3n) is 3.32. The predicted octanol–water partition coefficient (Wildman–Crippen LogP) is 3.87. The van der Waals surface area contributed by atoms with Crippen molar-refractivity contribution in [2.24, 2.45) is 0 Å². The Labute approximate surface area is 133 Å². The number of amides is 2. The number of halogens is 1. The zero-order valence-corrected chi connectivity index (χ0v) is 14.0. The second-order valence-corrected chi connectivity index (χ2v) is 5.69. The van der Waals surface area contributed by atoms with Gasteiger partial charge in [0.2, 0.25) is 0 Å². The summed E-state index contributed by atoms with van der Waals surface area (Å²) in [6.07, 6.45) is 2.07. The molecular formula is C15H21BrN2O3. The van der Waals surface area contributed by atoms with Gasteiger partial charge in [0, 0.05) is 29.7 Å². The van der Waals surface area contributed by atoms with Gasteiger partial charge in [0.25, 0.3) is 0 Å². The van der Waals surface area contributed by atoms with Crippen LogP contribution < -0.4 is 14.8 Å². The molecule has 1 aliphatic heterocycles. The van der Waals surface area contributed by atoms with E-state index in [9.17, 15) is 4.79 Å². The Morgan fingerprint density at radius 1 is 1.29 bits per heavy atom. The van der Waals surface area contributed by atoms with Crippen molar-refractivity contribution in [3.63, 3.8) is 0 Å². The summed E-state index contributed by atoms with van der Waals surface area (Å²) in [7, 11) is 0. The predicted molar refractivity (Wildman–Crippen MR) is 86.3 cm³/mol. The third-order valence-corrected chi connectivity index (χ3v) is 3.98. The van der Waals surface area contributed by atoms with E-state index in [1.165, 1.54) is 0 Å². The largest absolute Gasteiger partial charge is 0.486 e. The number of carbonyl (C=O) groups is 1.